The Morgan fingerprint density at radius 1 is 1.40 bits per heavy atom. The van der Waals surface area contributed by atoms with Gasteiger partial charge in [-0.25, -0.2) is 4.98 Å². The number of rotatable bonds is 5. The van der Waals surface area contributed by atoms with Crippen LogP contribution in [-0.2, 0) is 6.42 Å². The number of hydrogen-bond donors (Lipinski definition) is 2. The number of methoxy groups -OCH3 is 1. The number of aromatic amines is 1. The van der Waals surface area contributed by atoms with E-state index in [4.69, 9.17) is 10.5 Å². The molecule has 5 heteroatoms. The average Bonchev–Trinajstić information content (AvgIpc) is 2.84. The first-order valence-electron chi connectivity index (χ1n) is 6.56. The number of ether oxygens (including phenoxy) is 1. The van der Waals surface area contributed by atoms with E-state index in [0.29, 0.717) is 0 Å². The number of imidazole rings is 1. The van der Waals surface area contributed by atoms with Crippen molar-refractivity contribution in [3.8, 4) is 17.0 Å². The highest BCUT2D eigenvalue weighted by Crippen LogP contribution is 2.31. The van der Waals surface area contributed by atoms with Gasteiger partial charge in [0.25, 0.3) is 0 Å². The lowest BCUT2D eigenvalue weighted by Gasteiger charge is -2.16. The van der Waals surface area contributed by atoms with E-state index in [-0.39, 0.29) is 5.54 Å². The molecule has 3 N–H and O–H groups in total. The molecule has 0 spiro atoms. The Bertz CT molecular complexity index is 587. The van der Waals surface area contributed by atoms with Crippen molar-refractivity contribution in [1.29, 1.82) is 0 Å². The molecule has 0 saturated heterocycles. The Balaban J connectivity index is 2.22. The molecule has 0 aliphatic rings. The third-order valence-corrected chi connectivity index (χ3v) is 3.58. The summed E-state index contributed by atoms with van der Waals surface area (Å²) in [5.41, 5.74) is 7.76. The van der Waals surface area contributed by atoms with Crippen molar-refractivity contribution in [2.75, 3.05) is 7.11 Å². The summed E-state index contributed by atoms with van der Waals surface area (Å²) in [6.07, 6.45) is 3.55. The van der Waals surface area contributed by atoms with E-state index in [1.54, 1.807) is 7.11 Å². The molecular formula is C15H20BrN3O. The normalized spacial score (nSPS) is 11.7. The molecule has 0 unspecified atom stereocenters. The van der Waals surface area contributed by atoms with Crippen LogP contribution in [0.5, 0.6) is 5.75 Å². The van der Waals surface area contributed by atoms with Crippen LogP contribution in [0.25, 0.3) is 11.3 Å². The largest absolute Gasteiger partial charge is 0.496 e. The lowest BCUT2D eigenvalue weighted by Crippen LogP contribution is -2.32. The number of benzene rings is 1. The maximum Gasteiger partial charge on any atom is 0.128 e. The molecule has 2 aromatic rings. The summed E-state index contributed by atoms with van der Waals surface area (Å²) in [5, 5.41) is 0. The van der Waals surface area contributed by atoms with Gasteiger partial charge in [0.2, 0.25) is 0 Å². The summed E-state index contributed by atoms with van der Waals surface area (Å²) in [6.45, 7) is 4.04. The van der Waals surface area contributed by atoms with Gasteiger partial charge >= 0.3 is 0 Å². The van der Waals surface area contributed by atoms with Crippen molar-refractivity contribution < 1.29 is 4.74 Å². The Hall–Kier alpha value is -1.33. The number of nitrogens with zero attached hydrogens (tertiary/aromatic N) is 1. The van der Waals surface area contributed by atoms with Crippen LogP contribution in [0, 0.1) is 0 Å². The molecule has 0 radical (unpaired) electrons. The first-order valence-corrected chi connectivity index (χ1v) is 7.35. The highest BCUT2D eigenvalue weighted by atomic mass is 79.9. The zero-order valence-corrected chi connectivity index (χ0v) is 13.6. The van der Waals surface area contributed by atoms with Crippen LogP contribution in [0.3, 0.4) is 0 Å². The van der Waals surface area contributed by atoms with E-state index in [0.717, 1.165) is 40.1 Å². The van der Waals surface area contributed by atoms with Gasteiger partial charge in [0.1, 0.15) is 11.6 Å². The molecule has 0 aliphatic carbocycles. The van der Waals surface area contributed by atoms with Crippen molar-refractivity contribution in [3.05, 3.63) is 34.7 Å². The molecular weight excluding hydrogens is 318 g/mol. The molecule has 0 aliphatic heterocycles. The molecule has 108 valence electrons. The average molecular weight is 338 g/mol. The second kappa shape index (κ2) is 5.97. The molecule has 0 bridgehead atoms. The Kier molecular flexibility index (Phi) is 4.50. The highest BCUT2D eigenvalue weighted by Gasteiger charge is 2.13. The van der Waals surface area contributed by atoms with Gasteiger partial charge in [0.05, 0.1) is 19.0 Å². The third-order valence-electron chi connectivity index (χ3n) is 3.09. The summed E-state index contributed by atoms with van der Waals surface area (Å²) < 4.78 is 6.40. The molecule has 0 fully saturated rings. The van der Waals surface area contributed by atoms with Crippen LogP contribution in [0.2, 0.25) is 0 Å². The molecule has 2 rings (SSSR count). The molecule has 20 heavy (non-hydrogen) atoms. The van der Waals surface area contributed by atoms with Gasteiger partial charge in [-0.2, -0.15) is 0 Å². The topological polar surface area (TPSA) is 63.9 Å². The number of aromatic nitrogens is 2. The zero-order chi connectivity index (χ0) is 14.8. The van der Waals surface area contributed by atoms with Crippen LogP contribution in [0.1, 0.15) is 26.1 Å². The standard InChI is InChI=1S/C15H20BrN3O/c1-15(2,17)7-6-14-18-9-12(19-14)11-8-10(16)4-5-13(11)20-3/h4-5,8-9H,6-7,17H2,1-3H3,(H,18,19). The van der Waals surface area contributed by atoms with Crippen molar-refractivity contribution in [1.82, 2.24) is 9.97 Å². The van der Waals surface area contributed by atoms with Gasteiger partial charge in [-0.1, -0.05) is 15.9 Å². The van der Waals surface area contributed by atoms with Crippen LogP contribution in [0.4, 0.5) is 0 Å². The summed E-state index contributed by atoms with van der Waals surface area (Å²) in [4.78, 5) is 7.76. The minimum atomic E-state index is -0.180. The molecule has 1 heterocycles. The first-order chi connectivity index (χ1) is 9.39. The van der Waals surface area contributed by atoms with Gasteiger partial charge in [0, 0.05) is 22.0 Å². The number of nitrogens with one attached hydrogen (secondary N) is 1. The van der Waals surface area contributed by atoms with E-state index in [1.807, 2.05) is 38.2 Å². The number of hydrogen-bond acceptors (Lipinski definition) is 3. The highest BCUT2D eigenvalue weighted by molar-refractivity contribution is 9.10. The predicted octanol–water partition coefficient (Wildman–Crippen LogP) is 3.52. The lowest BCUT2D eigenvalue weighted by atomic mass is 10.0. The number of aryl methyl sites for hydroxylation is 1. The Morgan fingerprint density at radius 3 is 2.80 bits per heavy atom. The van der Waals surface area contributed by atoms with Crippen molar-refractivity contribution >= 4 is 15.9 Å². The third kappa shape index (κ3) is 3.84. The summed E-state index contributed by atoms with van der Waals surface area (Å²) >= 11 is 3.48. The van der Waals surface area contributed by atoms with Crippen LogP contribution in [-0.4, -0.2) is 22.6 Å². The summed E-state index contributed by atoms with van der Waals surface area (Å²) in [7, 11) is 1.67. The number of halogens is 1. The minimum absolute atomic E-state index is 0.180. The number of H-pyrrole nitrogens is 1. The van der Waals surface area contributed by atoms with Crippen LogP contribution < -0.4 is 10.5 Å². The zero-order valence-electron chi connectivity index (χ0n) is 12.0. The Morgan fingerprint density at radius 2 is 2.15 bits per heavy atom. The smallest absolute Gasteiger partial charge is 0.128 e. The van der Waals surface area contributed by atoms with E-state index >= 15 is 0 Å². The van der Waals surface area contributed by atoms with Crippen molar-refractivity contribution in [2.45, 2.75) is 32.2 Å². The van der Waals surface area contributed by atoms with Crippen molar-refractivity contribution in [2.24, 2.45) is 5.73 Å². The first kappa shape index (κ1) is 15.1. The van der Waals surface area contributed by atoms with Gasteiger partial charge in [0.15, 0.2) is 0 Å². The number of nitrogens with two attached hydrogens (primary N) is 1. The van der Waals surface area contributed by atoms with Crippen LogP contribution in [0.15, 0.2) is 28.9 Å². The SMILES string of the molecule is COc1ccc(Br)cc1-c1cnc(CCC(C)(C)N)[nH]1. The van der Waals surface area contributed by atoms with E-state index in [2.05, 4.69) is 25.9 Å². The van der Waals surface area contributed by atoms with Gasteiger partial charge < -0.3 is 15.5 Å². The van der Waals surface area contributed by atoms with E-state index < -0.39 is 0 Å². The lowest BCUT2D eigenvalue weighted by molar-refractivity contribution is 0.416. The predicted molar refractivity (Wildman–Crippen MR) is 84.9 cm³/mol. The minimum Gasteiger partial charge on any atom is -0.496 e. The quantitative estimate of drug-likeness (QED) is 0.877. The molecule has 1 aromatic carbocycles. The van der Waals surface area contributed by atoms with E-state index in [9.17, 15) is 0 Å². The maximum absolute atomic E-state index is 6.00. The van der Waals surface area contributed by atoms with Crippen LogP contribution >= 0.6 is 15.9 Å². The second-order valence-corrected chi connectivity index (χ2v) is 6.49. The fraction of sp³-hybridized carbons (Fsp3) is 0.400. The molecule has 0 amide bonds. The van der Waals surface area contributed by atoms with E-state index in [1.165, 1.54) is 0 Å². The maximum atomic E-state index is 6.00. The van der Waals surface area contributed by atoms with Gasteiger partial charge in [-0.3, -0.25) is 0 Å². The molecule has 4 nitrogen and oxygen atoms in total. The molecule has 0 atom stereocenters. The summed E-state index contributed by atoms with van der Waals surface area (Å²) in [6, 6.07) is 5.91. The summed E-state index contributed by atoms with van der Waals surface area (Å²) in [5.74, 6) is 1.77. The second-order valence-electron chi connectivity index (χ2n) is 5.58. The Labute approximate surface area is 127 Å². The molecule has 0 saturated carbocycles. The van der Waals surface area contributed by atoms with Gasteiger partial charge in [-0.05, 0) is 38.5 Å². The van der Waals surface area contributed by atoms with Crippen molar-refractivity contribution in [3.63, 3.8) is 0 Å². The fourth-order valence-electron chi connectivity index (χ4n) is 1.96. The monoisotopic (exact) mass is 337 g/mol. The van der Waals surface area contributed by atoms with Gasteiger partial charge in [-0.15, -0.1) is 0 Å². The fourth-order valence-corrected chi connectivity index (χ4v) is 2.32. The molecule has 1 aromatic heterocycles.